The molecule has 0 atom stereocenters. The smallest absolute Gasteiger partial charge is 0.151 e. The van der Waals surface area contributed by atoms with Gasteiger partial charge in [-0.2, -0.15) is 23.0 Å². The lowest BCUT2D eigenvalue weighted by molar-refractivity contribution is 1.07. The minimum Gasteiger partial charge on any atom is -0.267 e. The number of aromatic nitrogens is 2. The van der Waals surface area contributed by atoms with E-state index in [-0.39, 0.29) is 0 Å². The molecular formula is C8H7N3S. The number of hydrogen-bond donors (Lipinski definition) is 2. The van der Waals surface area contributed by atoms with E-state index in [2.05, 4.69) is 34.7 Å². The average molecular weight is 177 g/mol. The third-order valence-electron chi connectivity index (χ3n) is 1.21. The van der Waals surface area contributed by atoms with Gasteiger partial charge in [-0.3, -0.25) is 5.10 Å². The molecule has 12 heavy (non-hydrogen) atoms. The molecule has 0 fully saturated rings. The molecule has 1 aromatic rings. The van der Waals surface area contributed by atoms with Crippen molar-refractivity contribution in [1.29, 1.82) is 5.26 Å². The number of thiol groups is 1. The van der Waals surface area contributed by atoms with Gasteiger partial charge in [0.1, 0.15) is 6.07 Å². The molecule has 0 aliphatic heterocycles. The molecule has 1 aromatic heterocycles. The first-order valence-corrected chi connectivity index (χ1v) is 4.05. The van der Waals surface area contributed by atoms with Gasteiger partial charge in [-0.15, -0.1) is 0 Å². The van der Waals surface area contributed by atoms with Gasteiger partial charge in [0, 0.05) is 12.2 Å². The highest BCUT2D eigenvalue weighted by atomic mass is 32.1. The number of rotatable bonds is 1. The van der Waals surface area contributed by atoms with Gasteiger partial charge >= 0.3 is 0 Å². The summed E-state index contributed by atoms with van der Waals surface area (Å²) >= 11 is 4.01. The van der Waals surface area contributed by atoms with Crippen molar-refractivity contribution in [2.45, 2.75) is 6.42 Å². The lowest BCUT2D eigenvalue weighted by Gasteiger charge is -1.80. The Morgan fingerprint density at radius 3 is 3.17 bits per heavy atom. The van der Waals surface area contributed by atoms with E-state index in [1.165, 1.54) is 0 Å². The number of nitriles is 1. The zero-order chi connectivity index (χ0) is 8.81. The van der Waals surface area contributed by atoms with Crippen LogP contribution in [-0.4, -0.2) is 16.0 Å². The highest BCUT2D eigenvalue weighted by Gasteiger charge is 1.98. The summed E-state index contributed by atoms with van der Waals surface area (Å²) < 4.78 is 0. The Kier molecular flexibility index (Phi) is 3.25. The second-order valence-electron chi connectivity index (χ2n) is 2.05. The lowest BCUT2D eigenvalue weighted by Crippen LogP contribution is -1.77. The molecule has 0 bridgehead atoms. The van der Waals surface area contributed by atoms with Crippen LogP contribution in [-0.2, 0) is 0 Å². The normalized spacial score (nSPS) is 8.33. The van der Waals surface area contributed by atoms with E-state index in [0.29, 0.717) is 11.3 Å². The van der Waals surface area contributed by atoms with Crippen molar-refractivity contribution in [3.05, 3.63) is 17.5 Å². The fraction of sp³-hybridized carbons (Fsp3) is 0.250. The van der Waals surface area contributed by atoms with Crippen LogP contribution in [0.1, 0.15) is 17.7 Å². The summed E-state index contributed by atoms with van der Waals surface area (Å²) in [6.07, 6.45) is 2.27. The van der Waals surface area contributed by atoms with E-state index in [1.807, 2.05) is 6.07 Å². The van der Waals surface area contributed by atoms with Gasteiger partial charge in [-0.25, -0.2) is 0 Å². The van der Waals surface area contributed by atoms with E-state index >= 15 is 0 Å². The second-order valence-corrected chi connectivity index (χ2v) is 2.49. The average Bonchev–Trinajstić information content (AvgIpc) is 2.52. The fourth-order valence-electron chi connectivity index (χ4n) is 0.680. The molecule has 0 amide bonds. The maximum atomic E-state index is 8.56. The molecule has 4 heteroatoms. The number of hydrogen-bond acceptors (Lipinski definition) is 3. The van der Waals surface area contributed by atoms with Crippen LogP contribution >= 0.6 is 12.6 Å². The largest absolute Gasteiger partial charge is 0.267 e. The highest BCUT2D eigenvalue weighted by Crippen LogP contribution is 1.99. The molecule has 1 rings (SSSR count). The number of H-pyrrole nitrogens is 1. The monoisotopic (exact) mass is 177 g/mol. The van der Waals surface area contributed by atoms with Crippen molar-refractivity contribution in [3.63, 3.8) is 0 Å². The first-order valence-electron chi connectivity index (χ1n) is 3.41. The zero-order valence-corrected chi connectivity index (χ0v) is 7.23. The molecule has 0 saturated heterocycles. The van der Waals surface area contributed by atoms with E-state index in [0.717, 1.165) is 12.2 Å². The highest BCUT2D eigenvalue weighted by molar-refractivity contribution is 7.80. The maximum absolute atomic E-state index is 8.56. The third kappa shape index (κ3) is 2.05. The van der Waals surface area contributed by atoms with Gasteiger partial charge in [-0.05, 0) is 0 Å². The molecule has 0 aromatic carbocycles. The van der Waals surface area contributed by atoms with Gasteiger partial charge in [-0.1, -0.05) is 11.8 Å². The Bertz CT molecular complexity index is 350. The Morgan fingerprint density at radius 2 is 2.50 bits per heavy atom. The van der Waals surface area contributed by atoms with Crippen LogP contribution in [0.2, 0.25) is 0 Å². The fourth-order valence-corrected chi connectivity index (χ4v) is 0.792. The molecule has 0 aliphatic carbocycles. The summed E-state index contributed by atoms with van der Waals surface area (Å²) in [4.78, 5) is 0. The second kappa shape index (κ2) is 4.48. The van der Waals surface area contributed by atoms with Crippen molar-refractivity contribution in [2.24, 2.45) is 0 Å². The molecule has 0 aliphatic rings. The van der Waals surface area contributed by atoms with Crippen molar-refractivity contribution in [3.8, 4) is 17.9 Å². The summed E-state index contributed by atoms with van der Waals surface area (Å²) in [6, 6.07) is 1.96. The van der Waals surface area contributed by atoms with Gasteiger partial charge in [0.05, 0.1) is 11.8 Å². The number of aromatic amines is 1. The Labute approximate surface area is 76.2 Å². The third-order valence-corrected chi connectivity index (χ3v) is 1.43. The first-order chi connectivity index (χ1) is 5.88. The van der Waals surface area contributed by atoms with Crippen molar-refractivity contribution in [1.82, 2.24) is 10.2 Å². The van der Waals surface area contributed by atoms with Crippen LogP contribution in [0.4, 0.5) is 0 Å². The van der Waals surface area contributed by atoms with Crippen molar-refractivity contribution in [2.75, 3.05) is 5.75 Å². The van der Waals surface area contributed by atoms with Crippen LogP contribution in [0.3, 0.4) is 0 Å². The summed E-state index contributed by atoms with van der Waals surface area (Å²) in [6.45, 7) is 0. The molecule has 0 saturated carbocycles. The van der Waals surface area contributed by atoms with Gasteiger partial charge in [0.25, 0.3) is 0 Å². The Balaban J connectivity index is 2.78. The van der Waals surface area contributed by atoms with Gasteiger partial charge < -0.3 is 0 Å². The van der Waals surface area contributed by atoms with Gasteiger partial charge in [0.15, 0.2) is 5.69 Å². The van der Waals surface area contributed by atoms with Crippen molar-refractivity contribution >= 4 is 12.6 Å². The lowest BCUT2D eigenvalue weighted by atomic mass is 10.2. The molecule has 1 N–H and O–H groups in total. The summed E-state index contributed by atoms with van der Waals surface area (Å²) in [5.41, 5.74) is 1.07. The van der Waals surface area contributed by atoms with Crippen LogP contribution in [0.15, 0.2) is 6.20 Å². The minimum atomic E-state index is 0.418. The van der Waals surface area contributed by atoms with Crippen LogP contribution in [0, 0.1) is 23.2 Å². The summed E-state index contributed by atoms with van der Waals surface area (Å²) in [7, 11) is 0. The predicted molar refractivity (Wildman–Crippen MR) is 48.7 cm³/mol. The number of nitrogens with zero attached hydrogens (tertiary/aromatic N) is 2. The molecule has 0 unspecified atom stereocenters. The zero-order valence-electron chi connectivity index (χ0n) is 6.33. The van der Waals surface area contributed by atoms with Crippen LogP contribution in [0.25, 0.3) is 0 Å². The molecule has 3 nitrogen and oxygen atoms in total. The number of nitrogens with one attached hydrogen (secondary N) is 1. The van der Waals surface area contributed by atoms with Crippen LogP contribution < -0.4 is 0 Å². The van der Waals surface area contributed by atoms with Crippen LogP contribution in [0.5, 0.6) is 0 Å². The van der Waals surface area contributed by atoms with Gasteiger partial charge in [0.2, 0.25) is 0 Å². The molecular weight excluding hydrogens is 170 g/mol. The minimum absolute atomic E-state index is 0.418. The quantitative estimate of drug-likeness (QED) is 0.495. The predicted octanol–water partition coefficient (Wildman–Crippen LogP) is 0.953. The molecule has 1 heterocycles. The molecule has 60 valence electrons. The topological polar surface area (TPSA) is 52.5 Å². The van der Waals surface area contributed by atoms with Crippen molar-refractivity contribution < 1.29 is 0 Å². The Morgan fingerprint density at radius 1 is 1.67 bits per heavy atom. The maximum Gasteiger partial charge on any atom is 0.151 e. The standard InChI is InChI=1S/C8H7N3S/c9-5-8-7(6-10-11-8)3-1-2-4-12/h6,12H,2,4H2,(H,10,11). The van der Waals surface area contributed by atoms with E-state index in [9.17, 15) is 0 Å². The first kappa shape index (κ1) is 8.70. The van der Waals surface area contributed by atoms with E-state index in [1.54, 1.807) is 6.20 Å². The Hall–Kier alpha value is -1.39. The molecule has 0 radical (unpaired) electrons. The summed E-state index contributed by atoms with van der Waals surface area (Å²) in [5, 5.41) is 14.8. The van der Waals surface area contributed by atoms with E-state index < -0.39 is 0 Å². The molecule has 0 spiro atoms. The van der Waals surface area contributed by atoms with E-state index in [4.69, 9.17) is 5.26 Å². The summed E-state index contributed by atoms with van der Waals surface area (Å²) in [5.74, 6) is 6.43. The SMILES string of the molecule is N#Cc1[nH]ncc1C#CCCS.